The van der Waals surface area contributed by atoms with Crippen LogP contribution >= 0.6 is 0 Å². The van der Waals surface area contributed by atoms with Crippen molar-refractivity contribution in [2.45, 2.75) is 33.7 Å². The Bertz CT molecular complexity index is 723. The summed E-state index contributed by atoms with van der Waals surface area (Å²) in [6.07, 6.45) is 0.359. The zero-order chi connectivity index (χ0) is 18.2. The van der Waals surface area contributed by atoms with Crippen molar-refractivity contribution in [1.29, 1.82) is 0 Å². The molecule has 0 spiro atoms. The van der Waals surface area contributed by atoms with Crippen molar-refractivity contribution in [3.8, 4) is 0 Å². The Morgan fingerprint density at radius 1 is 1.00 bits per heavy atom. The first kappa shape index (κ1) is 18.7. The predicted octanol–water partition coefficient (Wildman–Crippen LogP) is 3.01. The van der Waals surface area contributed by atoms with Crippen LogP contribution in [0.25, 0.3) is 0 Å². The molecule has 0 aliphatic carbocycles. The van der Waals surface area contributed by atoms with Crippen molar-refractivity contribution in [2.75, 3.05) is 13.1 Å². The van der Waals surface area contributed by atoms with E-state index in [0.717, 1.165) is 16.7 Å². The fraction of sp³-hybridized carbons (Fsp3) is 0.333. The van der Waals surface area contributed by atoms with Gasteiger partial charge in [0.2, 0.25) is 11.8 Å². The Kier molecular flexibility index (Phi) is 6.75. The van der Waals surface area contributed by atoms with Crippen molar-refractivity contribution in [1.82, 2.24) is 10.2 Å². The number of hydrogen-bond acceptors (Lipinski definition) is 2. The largest absolute Gasteiger partial charge is 0.354 e. The quantitative estimate of drug-likeness (QED) is 0.844. The lowest BCUT2D eigenvalue weighted by molar-refractivity contribution is -0.130. The first-order valence-corrected chi connectivity index (χ1v) is 8.58. The molecule has 0 atom stereocenters. The second kappa shape index (κ2) is 9.02. The number of hydrogen-bond donors (Lipinski definition) is 1. The third-order valence-corrected chi connectivity index (χ3v) is 4.26. The van der Waals surface area contributed by atoms with Crippen LogP contribution in [0.15, 0.2) is 48.5 Å². The molecule has 25 heavy (non-hydrogen) atoms. The monoisotopic (exact) mass is 338 g/mol. The smallest absolute Gasteiger partial charge is 0.224 e. The topological polar surface area (TPSA) is 49.4 Å². The van der Waals surface area contributed by atoms with Crippen LogP contribution in [0, 0.1) is 13.8 Å². The van der Waals surface area contributed by atoms with Gasteiger partial charge in [0.25, 0.3) is 0 Å². The molecular weight excluding hydrogens is 312 g/mol. The average molecular weight is 338 g/mol. The second-order valence-corrected chi connectivity index (χ2v) is 6.38. The molecular formula is C21H26N2O2. The number of carbonyl (C=O) groups is 2. The van der Waals surface area contributed by atoms with Crippen molar-refractivity contribution in [2.24, 2.45) is 0 Å². The fourth-order valence-corrected chi connectivity index (χ4v) is 2.63. The van der Waals surface area contributed by atoms with Gasteiger partial charge in [-0.15, -0.1) is 0 Å². The van der Waals surface area contributed by atoms with E-state index in [1.807, 2.05) is 62.4 Å². The lowest BCUT2D eigenvalue weighted by Gasteiger charge is -2.22. The highest BCUT2D eigenvalue weighted by Gasteiger charge is 2.11. The molecule has 0 saturated heterocycles. The first-order chi connectivity index (χ1) is 12.0. The van der Waals surface area contributed by atoms with E-state index in [1.165, 1.54) is 5.56 Å². The number of rotatable bonds is 7. The van der Waals surface area contributed by atoms with Gasteiger partial charge >= 0.3 is 0 Å². The summed E-state index contributed by atoms with van der Waals surface area (Å²) in [6.45, 7) is 7.15. The lowest BCUT2D eigenvalue weighted by Crippen LogP contribution is -2.37. The Morgan fingerprint density at radius 3 is 2.32 bits per heavy atom. The minimum atomic E-state index is -0.0248. The van der Waals surface area contributed by atoms with Crippen LogP contribution in [0.5, 0.6) is 0 Å². The van der Waals surface area contributed by atoms with Gasteiger partial charge in [0.05, 0.1) is 6.42 Å². The van der Waals surface area contributed by atoms with Gasteiger partial charge in [-0.2, -0.15) is 0 Å². The van der Waals surface area contributed by atoms with Gasteiger partial charge in [0.1, 0.15) is 0 Å². The summed E-state index contributed by atoms with van der Waals surface area (Å²) in [5.41, 5.74) is 4.46. The van der Waals surface area contributed by atoms with Crippen LogP contribution < -0.4 is 5.32 Å². The highest BCUT2D eigenvalue weighted by atomic mass is 16.2. The van der Waals surface area contributed by atoms with E-state index in [0.29, 0.717) is 26.1 Å². The van der Waals surface area contributed by atoms with Crippen LogP contribution in [0.4, 0.5) is 0 Å². The van der Waals surface area contributed by atoms with Crippen LogP contribution in [-0.2, 0) is 22.6 Å². The molecule has 2 amide bonds. The molecule has 0 aliphatic rings. The van der Waals surface area contributed by atoms with Gasteiger partial charge in [0.15, 0.2) is 0 Å². The Hall–Kier alpha value is -2.62. The predicted molar refractivity (Wildman–Crippen MR) is 100 cm³/mol. The van der Waals surface area contributed by atoms with E-state index < -0.39 is 0 Å². The molecule has 4 nitrogen and oxygen atoms in total. The minimum Gasteiger partial charge on any atom is -0.354 e. The van der Waals surface area contributed by atoms with E-state index in [9.17, 15) is 9.59 Å². The molecule has 0 aliphatic heterocycles. The molecule has 0 saturated carbocycles. The SMILES string of the molecule is CC(=O)N(CCNC(=O)Cc1ccc(C)cc1)Cc1ccccc1C. The molecule has 0 radical (unpaired) electrons. The third-order valence-electron chi connectivity index (χ3n) is 4.26. The van der Waals surface area contributed by atoms with E-state index in [1.54, 1.807) is 11.8 Å². The molecule has 0 aromatic heterocycles. The number of amides is 2. The number of aryl methyl sites for hydroxylation is 2. The normalized spacial score (nSPS) is 10.4. The molecule has 2 aromatic carbocycles. The van der Waals surface area contributed by atoms with Crippen molar-refractivity contribution in [3.05, 3.63) is 70.8 Å². The van der Waals surface area contributed by atoms with Gasteiger partial charge in [0, 0.05) is 26.6 Å². The first-order valence-electron chi connectivity index (χ1n) is 8.58. The van der Waals surface area contributed by atoms with E-state index in [2.05, 4.69) is 5.32 Å². The van der Waals surface area contributed by atoms with Crippen LogP contribution in [0.2, 0.25) is 0 Å². The highest BCUT2D eigenvalue weighted by Crippen LogP contribution is 2.10. The molecule has 4 heteroatoms. The van der Waals surface area contributed by atoms with Gasteiger partial charge in [-0.3, -0.25) is 9.59 Å². The molecule has 1 N–H and O–H groups in total. The molecule has 0 heterocycles. The summed E-state index contributed by atoms with van der Waals surface area (Å²) in [5.74, 6) is -0.0146. The molecule has 2 aromatic rings. The maximum Gasteiger partial charge on any atom is 0.224 e. The van der Waals surface area contributed by atoms with E-state index in [4.69, 9.17) is 0 Å². The summed E-state index contributed by atoms with van der Waals surface area (Å²) in [7, 11) is 0. The summed E-state index contributed by atoms with van der Waals surface area (Å²) in [6, 6.07) is 16.0. The Labute approximate surface area is 149 Å². The van der Waals surface area contributed by atoms with Crippen LogP contribution in [-0.4, -0.2) is 29.8 Å². The minimum absolute atomic E-state index is 0.0102. The summed E-state index contributed by atoms with van der Waals surface area (Å²) >= 11 is 0. The maximum atomic E-state index is 12.0. The average Bonchev–Trinajstić information content (AvgIpc) is 2.57. The highest BCUT2D eigenvalue weighted by molar-refractivity contribution is 5.78. The number of carbonyl (C=O) groups excluding carboxylic acids is 2. The maximum absolute atomic E-state index is 12.0. The van der Waals surface area contributed by atoms with Crippen LogP contribution in [0.1, 0.15) is 29.2 Å². The Balaban J connectivity index is 1.82. The van der Waals surface area contributed by atoms with E-state index in [-0.39, 0.29) is 11.8 Å². The van der Waals surface area contributed by atoms with Crippen molar-refractivity contribution in [3.63, 3.8) is 0 Å². The number of nitrogens with one attached hydrogen (secondary N) is 1. The Morgan fingerprint density at radius 2 is 1.68 bits per heavy atom. The summed E-state index contributed by atoms with van der Waals surface area (Å²) in [5, 5.41) is 2.90. The molecule has 2 rings (SSSR count). The van der Waals surface area contributed by atoms with Crippen molar-refractivity contribution >= 4 is 11.8 Å². The lowest BCUT2D eigenvalue weighted by atomic mass is 10.1. The second-order valence-electron chi connectivity index (χ2n) is 6.38. The van der Waals surface area contributed by atoms with Gasteiger partial charge in [-0.05, 0) is 30.5 Å². The summed E-state index contributed by atoms with van der Waals surface area (Å²) < 4.78 is 0. The summed E-state index contributed by atoms with van der Waals surface area (Å²) in [4.78, 5) is 25.7. The number of benzene rings is 2. The molecule has 0 unspecified atom stereocenters. The zero-order valence-corrected chi connectivity index (χ0v) is 15.2. The zero-order valence-electron chi connectivity index (χ0n) is 15.2. The molecule has 0 bridgehead atoms. The van der Waals surface area contributed by atoms with Crippen LogP contribution in [0.3, 0.4) is 0 Å². The van der Waals surface area contributed by atoms with Crippen molar-refractivity contribution < 1.29 is 9.59 Å². The fourth-order valence-electron chi connectivity index (χ4n) is 2.63. The van der Waals surface area contributed by atoms with E-state index >= 15 is 0 Å². The van der Waals surface area contributed by atoms with Gasteiger partial charge < -0.3 is 10.2 Å². The molecule has 0 fully saturated rings. The molecule has 132 valence electrons. The third kappa shape index (κ3) is 6.07. The van der Waals surface area contributed by atoms with Gasteiger partial charge in [-0.1, -0.05) is 54.1 Å². The number of nitrogens with zero attached hydrogens (tertiary/aromatic N) is 1. The van der Waals surface area contributed by atoms with Gasteiger partial charge in [-0.25, -0.2) is 0 Å². The standard InChI is InChI=1S/C21H26N2O2/c1-16-8-10-19(11-9-16)14-21(25)22-12-13-23(18(3)24)15-20-7-5-4-6-17(20)2/h4-11H,12-15H2,1-3H3,(H,22,25).